The fourth-order valence-electron chi connectivity index (χ4n) is 10.4. The Balaban J connectivity index is 5.15. The van der Waals surface area contributed by atoms with Gasteiger partial charge in [-0.2, -0.15) is 0 Å². The minimum atomic E-state index is -4.95. The van der Waals surface area contributed by atoms with Crippen LogP contribution in [0, 0.1) is 11.8 Å². The monoisotopic (exact) mass is 1300 g/mol. The SMILES string of the molecule is CCCCCCCCCCCCCC(=O)O[C@H](COC(=O)CCCCCCC)COP(=O)(O)OC[C@H](O)COP(=O)(O)OC[C@@H](COC(=O)CCCCCCCCCCCCCC(C)C)OC(=O)CCCCCCCCCCCCCCCCCC(C)C. The third kappa shape index (κ3) is 62.8. The number of carbonyl (C=O) groups excluding carboxylic acids is 4. The van der Waals surface area contributed by atoms with Crippen molar-refractivity contribution in [2.75, 3.05) is 39.6 Å². The first-order valence-corrected chi connectivity index (χ1v) is 39.0. The molecule has 19 heteroatoms. The van der Waals surface area contributed by atoms with Crippen LogP contribution in [0.1, 0.15) is 350 Å². The van der Waals surface area contributed by atoms with Crippen molar-refractivity contribution < 1.29 is 80.2 Å². The molecule has 0 aromatic heterocycles. The van der Waals surface area contributed by atoms with Crippen LogP contribution in [-0.4, -0.2) is 96.7 Å². The van der Waals surface area contributed by atoms with Gasteiger partial charge in [0.1, 0.15) is 19.3 Å². The highest BCUT2D eigenvalue weighted by Gasteiger charge is 2.30. The van der Waals surface area contributed by atoms with Gasteiger partial charge < -0.3 is 33.8 Å². The molecule has 3 N–H and O–H groups in total. The van der Waals surface area contributed by atoms with E-state index < -0.39 is 97.5 Å². The normalized spacial score (nSPS) is 14.2. The summed E-state index contributed by atoms with van der Waals surface area (Å²) < 4.78 is 68.0. The topological polar surface area (TPSA) is 237 Å². The average molecular weight is 1300 g/mol. The molecule has 0 spiro atoms. The second kappa shape index (κ2) is 61.3. The van der Waals surface area contributed by atoms with E-state index in [1.54, 1.807) is 0 Å². The van der Waals surface area contributed by atoms with Gasteiger partial charge in [-0.25, -0.2) is 9.13 Å². The number of hydrogen-bond donors (Lipinski definition) is 3. The molecule has 0 aliphatic heterocycles. The number of ether oxygens (including phenoxy) is 4. The van der Waals surface area contributed by atoms with Crippen molar-refractivity contribution >= 4 is 39.5 Å². The minimum Gasteiger partial charge on any atom is -0.462 e. The average Bonchev–Trinajstić information content (AvgIpc) is 3.52. The lowest BCUT2D eigenvalue weighted by molar-refractivity contribution is -0.161. The zero-order chi connectivity index (χ0) is 65.0. The van der Waals surface area contributed by atoms with Gasteiger partial charge in [-0.3, -0.25) is 37.3 Å². The highest BCUT2D eigenvalue weighted by molar-refractivity contribution is 7.47. The van der Waals surface area contributed by atoms with Crippen molar-refractivity contribution in [3.63, 3.8) is 0 Å². The number of unbranched alkanes of at least 4 members (excludes halogenated alkanes) is 38. The number of hydrogen-bond acceptors (Lipinski definition) is 15. The summed E-state index contributed by atoms with van der Waals surface area (Å²) in [4.78, 5) is 72.2. The molecular weight excluding hydrogens is 1160 g/mol. The van der Waals surface area contributed by atoms with Crippen LogP contribution in [0.3, 0.4) is 0 Å². The first-order chi connectivity index (χ1) is 42.4. The largest absolute Gasteiger partial charge is 0.472 e. The van der Waals surface area contributed by atoms with Crippen molar-refractivity contribution in [1.82, 2.24) is 0 Å². The molecule has 0 heterocycles. The fraction of sp³-hybridized carbons (Fsp3) is 0.942. The molecule has 522 valence electrons. The van der Waals surface area contributed by atoms with Gasteiger partial charge in [0.05, 0.1) is 26.4 Å². The molecule has 0 amide bonds. The molecule has 0 saturated carbocycles. The Labute approximate surface area is 537 Å². The number of esters is 4. The molecule has 0 radical (unpaired) electrons. The van der Waals surface area contributed by atoms with Gasteiger partial charge >= 0.3 is 39.5 Å². The zero-order valence-electron chi connectivity index (χ0n) is 57.0. The van der Waals surface area contributed by atoms with Crippen LogP contribution >= 0.6 is 15.6 Å². The number of phosphoric ester groups is 2. The van der Waals surface area contributed by atoms with Crippen LogP contribution in [0.5, 0.6) is 0 Å². The second-order valence-electron chi connectivity index (χ2n) is 25.9. The third-order valence-electron chi connectivity index (χ3n) is 16.0. The summed E-state index contributed by atoms with van der Waals surface area (Å²) >= 11 is 0. The summed E-state index contributed by atoms with van der Waals surface area (Å²) in [5.74, 6) is -0.562. The molecule has 2 unspecified atom stereocenters. The quantitative estimate of drug-likeness (QED) is 0.0222. The molecule has 0 saturated heterocycles. The summed E-state index contributed by atoms with van der Waals surface area (Å²) in [6.45, 7) is 9.48. The van der Waals surface area contributed by atoms with Crippen molar-refractivity contribution in [1.29, 1.82) is 0 Å². The van der Waals surface area contributed by atoms with Crippen LogP contribution < -0.4 is 0 Å². The Hall–Kier alpha value is -1.94. The van der Waals surface area contributed by atoms with Gasteiger partial charge in [-0.05, 0) is 37.5 Å². The number of rotatable bonds is 68. The Morgan fingerprint density at radius 3 is 0.773 bits per heavy atom. The van der Waals surface area contributed by atoms with Gasteiger partial charge in [0.25, 0.3) is 0 Å². The Morgan fingerprint density at radius 2 is 0.523 bits per heavy atom. The van der Waals surface area contributed by atoms with E-state index in [0.29, 0.717) is 25.7 Å². The highest BCUT2D eigenvalue weighted by Crippen LogP contribution is 2.45. The maximum atomic E-state index is 13.0. The smallest absolute Gasteiger partial charge is 0.462 e. The van der Waals surface area contributed by atoms with E-state index >= 15 is 0 Å². The van der Waals surface area contributed by atoms with E-state index in [-0.39, 0.29) is 25.7 Å². The summed E-state index contributed by atoms with van der Waals surface area (Å²) in [5.41, 5.74) is 0. The number of phosphoric acid groups is 2. The van der Waals surface area contributed by atoms with Crippen molar-refractivity contribution in [2.45, 2.75) is 368 Å². The maximum Gasteiger partial charge on any atom is 0.472 e. The van der Waals surface area contributed by atoms with Gasteiger partial charge in [-0.15, -0.1) is 0 Å². The van der Waals surface area contributed by atoms with Crippen LogP contribution in [0.25, 0.3) is 0 Å². The third-order valence-corrected chi connectivity index (χ3v) is 17.9. The Morgan fingerprint density at radius 1 is 0.307 bits per heavy atom. The molecule has 0 aliphatic carbocycles. The Kier molecular flexibility index (Phi) is 59.9. The van der Waals surface area contributed by atoms with E-state index in [9.17, 15) is 43.2 Å². The predicted molar refractivity (Wildman–Crippen MR) is 354 cm³/mol. The second-order valence-corrected chi connectivity index (χ2v) is 28.8. The predicted octanol–water partition coefficient (Wildman–Crippen LogP) is 19.6. The molecule has 0 bridgehead atoms. The number of aliphatic hydroxyl groups excluding tert-OH is 1. The van der Waals surface area contributed by atoms with E-state index in [1.165, 1.54) is 161 Å². The molecule has 0 aliphatic rings. The van der Waals surface area contributed by atoms with E-state index in [2.05, 4.69) is 41.5 Å². The lowest BCUT2D eigenvalue weighted by atomic mass is 10.0. The first kappa shape index (κ1) is 86.1. The number of carbonyl (C=O) groups is 4. The highest BCUT2D eigenvalue weighted by atomic mass is 31.2. The number of aliphatic hydroxyl groups is 1. The van der Waals surface area contributed by atoms with Crippen LogP contribution in [0.4, 0.5) is 0 Å². The lowest BCUT2D eigenvalue weighted by Crippen LogP contribution is -2.30. The lowest BCUT2D eigenvalue weighted by Gasteiger charge is -2.21. The first-order valence-electron chi connectivity index (χ1n) is 36.0. The molecule has 17 nitrogen and oxygen atoms in total. The summed E-state index contributed by atoms with van der Waals surface area (Å²) in [6, 6.07) is 0. The Bertz CT molecular complexity index is 1720. The molecular formula is C69H134O17P2. The molecule has 0 aromatic rings. The molecule has 88 heavy (non-hydrogen) atoms. The van der Waals surface area contributed by atoms with Crippen molar-refractivity contribution in [3.05, 3.63) is 0 Å². The fourth-order valence-corrected chi connectivity index (χ4v) is 12.0. The van der Waals surface area contributed by atoms with Crippen molar-refractivity contribution in [2.24, 2.45) is 11.8 Å². The summed E-state index contributed by atoms with van der Waals surface area (Å²) in [6.07, 6.45) is 46.1. The summed E-state index contributed by atoms with van der Waals surface area (Å²) in [5, 5.41) is 10.5. The van der Waals surface area contributed by atoms with E-state index in [4.69, 9.17) is 37.0 Å². The van der Waals surface area contributed by atoms with E-state index in [0.717, 1.165) is 108 Å². The summed E-state index contributed by atoms with van der Waals surface area (Å²) in [7, 11) is -9.89. The maximum absolute atomic E-state index is 13.0. The van der Waals surface area contributed by atoms with Gasteiger partial charge in [-0.1, -0.05) is 298 Å². The zero-order valence-corrected chi connectivity index (χ0v) is 58.8. The van der Waals surface area contributed by atoms with Crippen LogP contribution in [0.2, 0.25) is 0 Å². The van der Waals surface area contributed by atoms with Crippen molar-refractivity contribution in [3.8, 4) is 0 Å². The molecule has 0 rings (SSSR count). The minimum absolute atomic E-state index is 0.106. The van der Waals surface area contributed by atoms with E-state index in [1.807, 2.05) is 0 Å². The standard InChI is InChI=1S/C69H134O17P2/c1-7-9-11-13-14-15-22-30-35-41-47-53-68(73)85-64(57-79-66(71)51-45-37-12-10-8-2)59-83-87(75,76)81-55-63(70)56-82-88(77,78)84-60-65(58-80-67(72)52-46-40-34-29-26-21-24-28-33-39-44-50-62(5)6)86-69(74)54-48-42-36-31-25-20-18-16-17-19-23-27-32-38-43-49-61(3)4/h61-65,70H,7-60H2,1-6H3,(H,75,76)(H,77,78)/t63-,64+,65+/m0/s1. The van der Waals surface area contributed by atoms with Gasteiger partial charge in [0, 0.05) is 25.7 Å². The van der Waals surface area contributed by atoms with Crippen LogP contribution in [-0.2, 0) is 65.4 Å². The molecule has 5 atom stereocenters. The molecule has 0 fully saturated rings. The molecule has 0 aromatic carbocycles. The van der Waals surface area contributed by atoms with Gasteiger partial charge in [0.15, 0.2) is 12.2 Å². The van der Waals surface area contributed by atoms with Crippen LogP contribution in [0.15, 0.2) is 0 Å². The van der Waals surface area contributed by atoms with Gasteiger partial charge in [0.2, 0.25) is 0 Å².